The molecule has 1 aliphatic carbocycles. The summed E-state index contributed by atoms with van der Waals surface area (Å²) in [4.78, 5) is 0.112. The Morgan fingerprint density at radius 2 is 2.05 bits per heavy atom. The number of nitrogen functional groups attached to an aromatic ring is 1. The van der Waals surface area contributed by atoms with Crippen LogP contribution < -0.4 is 11.1 Å². The van der Waals surface area contributed by atoms with Crippen LogP contribution in [0.2, 0.25) is 0 Å². The van der Waals surface area contributed by atoms with Crippen molar-refractivity contribution < 1.29 is 8.42 Å². The Morgan fingerprint density at radius 1 is 1.42 bits per heavy atom. The van der Waals surface area contributed by atoms with Crippen LogP contribution in [0.15, 0.2) is 4.90 Å². The van der Waals surface area contributed by atoms with Gasteiger partial charge in [-0.1, -0.05) is 12.8 Å². The van der Waals surface area contributed by atoms with Crippen molar-refractivity contribution in [3.8, 4) is 0 Å². The first kappa shape index (κ1) is 14.5. The minimum atomic E-state index is -3.55. The zero-order chi connectivity index (χ0) is 14.0. The second kappa shape index (κ2) is 5.64. The number of hydrogen-bond acceptors (Lipinski definition) is 6. The topological polar surface area (TPSA) is 88.3 Å². The van der Waals surface area contributed by atoms with Crippen molar-refractivity contribution >= 4 is 32.4 Å². The standard InChI is InChI=1S/C11H20N4O2S2/c1-15(2)19(16,17)9-10(12)14-18-11(9)13-7-8-5-3-4-6-8/h8,13H,3-7H2,1-2H3,(H2,12,14). The lowest BCUT2D eigenvalue weighted by Crippen LogP contribution is -2.24. The highest BCUT2D eigenvalue weighted by atomic mass is 32.2. The van der Waals surface area contributed by atoms with E-state index in [2.05, 4.69) is 9.69 Å². The molecule has 1 saturated carbocycles. The Labute approximate surface area is 118 Å². The van der Waals surface area contributed by atoms with E-state index in [1.807, 2.05) is 0 Å². The second-order valence-electron chi connectivity index (χ2n) is 5.04. The molecule has 0 amide bonds. The number of rotatable bonds is 5. The van der Waals surface area contributed by atoms with E-state index in [-0.39, 0.29) is 10.7 Å². The molecule has 0 aromatic carbocycles. The largest absolute Gasteiger partial charge is 0.382 e. The third-order valence-corrected chi connectivity index (χ3v) is 6.28. The monoisotopic (exact) mass is 304 g/mol. The SMILES string of the molecule is CN(C)S(=O)(=O)c1c(N)nsc1NCC1CCCC1. The molecular formula is C11H20N4O2S2. The summed E-state index contributed by atoms with van der Waals surface area (Å²) in [6.07, 6.45) is 4.94. The molecule has 0 radical (unpaired) electrons. The van der Waals surface area contributed by atoms with Crippen molar-refractivity contribution in [3.05, 3.63) is 0 Å². The van der Waals surface area contributed by atoms with Crippen LogP contribution in [0.25, 0.3) is 0 Å². The molecule has 1 aromatic rings. The third kappa shape index (κ3) is 3.01. The van der Waals surface area contributed by atoms with E-state index >= 15 is 0 Å². The molecule has 0 unspecified atom stereocenters. The van der Waals surface area contributed by atoms with Crippen LogP contribution in [0.5, 0.6) is 0 Å². The Kier molecular flexibility index (Phi) is 4.32. The summed E-state index contributed by atoms with van der Waals surface area (Å²) in [5.74, 6) is 0.700. The van der Waals surface area contributed by atoms with Gasteiger partial charge in [-0.2, -0.15) is 4.37 Å². The highest BCUT2D eigenvalue weighted by Gasteiger charge is 2.28. The molecule has 19 heavy (non-hydrogen) atoms. The number of nitrogens with two attached hydrogens (primary N) is 1. The molecule has 0 saturated heterocycles. The first-order valence-corrected chi connectivity index (χ1v) is 8.56. The van der Waals surface area contributed by atoms with Crippen molar-refractivity contribution in [2.24, 2.45) is 5.92 Å². The van der Waals surface area contributed by atoms with Crippen molar-refractivity contribution in [1.29, 1.82) is 0 Å². The molecular weight excluding hydrogens is 284 g/mol. The van der Waals surface area contributed by atoms with Crippen LogP contribution in [-0.2, 0) is 10.0 Å². The lowest BCUT2D eigenvalue weighted by Gasteiger charge is -2.14. The summed E-state index contributed by atoms with van der Waals surface area (Å²) in [5, 5.41) is 3.76. The molecule has 0 aliphatic heterocycles. The molecule has 8 heteroatoms. The lowest BCUT2D eigenvalue weighted by atomic mass is 10.1. The smallest absolute Gasteiger partial charge is 0.249 e. The second-order valence-corrected chi connectivity index (χ2v) is 7.91. The fourth-order valence-corrected chi connectivity index (χ4v) is 4.37. The molecule has 6 nitrogen and oxygen atoms in total. The predicted molar refractivity (Wildman–Crippen MR) is 77.8 cm³/mol. The molecule has 2 rings (SSSR count). The zero-order valence-corrected chi connectivity index (χ0v) is 12.9. The number of anilines is 2. The van der Waals surface area contributed by atoms with Gasteiger partial charge in [0.15, 0.2) is 10.7 Å². The number of nitrogens with zero attached hydrogens (tertiary/aromatic N) is 2. The van der Waals surface area contributed by atoms with Gasteiger partial charge in [-0.3, -0.25) is 0 Å². The van der Waals surface area contributed by atoms with E-state index in [1.54, 1.807) is 0 Å². The van der Waals surface area contributed by atoms with E-state index in [9.17, 15) is 8.42 Å². The van der Waals surface area contributed by atoms with Crippen molar-refractivity contribution in [1.82, 2.24) is 8.68 Å². The minimum absolute atomic E-state index is 0.0765. The van der Waals surface area contributed by atoms with E-state index < -0.39 is 10.0 Å². The lowest BCUT2D eigenvalue weighted by molar-refractivity contribution is 0.521. The molecule has 0 spiro atoms. The maximum Gasteiger partial charge on any atom is 0.249 e. The average Bonchev–Trinajstić information content (AvgIpc) is 2.95. The summed E-state index contributed by atoms with van der Waals surface area (Å²) in [6.45, 7) is 0.789. The number of nitrogens with one attached hydrogen (secondary N) is 1. The quantitative estimate of drug-likeness (QED) is 0.862. The van der Waals surface area contributed by atoms with E-state index in [0.29, 0.717) is 10.9 Å². The maximum atomic E-state index is 12.2. The summed E-state index contributed by atoms with van der Waals surface area (Å²) in [7, 11) is -0.560. The summed E-state index contributed by atoms with van der Waals surface area (Å²) < 4.78 is 29.5. The van der Waals surface area contributed by atoms with E-state index in [1.165, 1.54) is 39.8 Å². The highest BCUT2D eigenvalue weighted by Crippen LogP contribution is 2.34. The Balaban J connectivity index is 2.17. The first-order valence-electron chi connectivity index (χ1n) is 6.34. The third-order valence-electron chi connectivity index (χ3n) is 3.44. The summed E-state index contributed by atoms with van der Waals surface area (Å²) in [6, 6.07) is 0. The van der Waals surface area contributed by atoms with Crippen LogP contribution in [-0.4, -0.2) is 37.7 Å². The fourth-order valence-electron chi connectivity index (χ4n) is 2.29. The average molecular weight is 304 g/mol. The van der Waals surface area contributed by atoms with Gasteiger partial charge in [-0.05, 0) is 30.3 Å². The predicted octanol–water partition coefficient (Wildman–Crippen LogP) is 1.58. The van der Waals surface area contributed by atoms with Crippen molar-refractivity contribution in [2.75, 3.05) is 31.7 Å². The highest BCUT2D eigenvalue weighted by molar-refractivity contribution is 7.89. The normalized spacial score (nSPS) is 17.2. The van der Waals surface area contributed by atoms with Crippen LogP contribution in [0, 0.1) is 5.92 Å². The fraction of sp³-hybridized carbons (Fsp3) is 0.727. The number of sulfonamides is 1. The Bertz CT molecular complexity index is 533. The molecule has 1 heterocycles. The van der Waals surface area contributed by atoms with Crippen LogP contribution in [0.1, 0.15) is 25.7 Å². The Morgan fingerprint density at radius 3 is 2.63 bits per heavy atom. The molecule has 0 atom stereocenters. The van der Waals surface area contributed by atoms with Gasteiger partial charge < -0.3 is 11.1 Å². The first-order chi connectivity index (χ1) is 8.93. The summed E-state index contributed by atoms with van der Waals surface area (Å²) in [5.41, 5.74) is 5.70. The number of hydrogen-bond donors (Lipinski definition) is 2. The van der Waals surface area contributed by atoms with Gasteiger partial charge in [0, 0.05) is 20.6 Å². The van der Waals surface area contributed by atoms with E-state index in [0.717, 1.165) is 22.4 Å². The van der Waals surface area contributed by atoms with Crippen molar-refractivity contribution in [2.45, 2.75) is 30.6 Å². The van der Waals surface area contributed by atoms with Crippen LogP contribution in [0.3, 0.4) is 0 Å². The van der Waals surface area contributed by atoms with Gasteiger partial charge in [0.1, 0.15) is 5.00 Å². The Hall–Kier alpha value is -0.860. The zero-order valence-electron chi connectivity index (χ0n) is 11.2. The van der Waals surface area contributed by atoms with Crippen LogP contribution in [0.4, 0.5) is 10.8 Å². The van der Waals surface area contributed by atoms with Crippen molar-refractivity contribution in [3.63, 3.8) is 0 Å². The van der Waals surface area contributed by atoms with Gasteiger partial charge in [-0.25, -0.2) is 12.7 Å². The van der Waals surface area contributed by atoms with Gasteiger partial charge >= 0.3 is 0 Å². The minimum Gasteiger partial charge on any atom is -0.382 e. The number of aromatic nitrogens is 1. The van der Waals surface area contributed by atoms with Crippen LogP contribution >= 0.6 is 11.5 Å². The summed E-state index contributed by atoms with van der Waals surface area (Å²) >= 11 is 1.11. The van der Waals surface area contributed by atoms with Gasteiger partial charge in [0.05, 0.1) is 0 Å². The molecule has 108 valence electrons. The van der Waals surface area contributed by atoms with Gasteiger partial charge in [0.2, 0.25) is 10.0 Å². The van der Waals surface area contributed by atoms with E-state index in [4.69, 9.17) is 5.73 Å². The van der Waals surface area contributed by atoms with Gasteiger partial charge in [0.25, 0.3) is 0 Å². The molecule has 3 N–H and O–H groups in total. The molecule has 1 aromatic heterocycles. The van der Waals surface area contributed by atoms with Gasteiger partial charge in [-0.15, -0.1) is 0 Å². The molecule has 0 bridgehead atoms. The molecule has 1 fully saturated rings. The molecule has 1 aliphatic rings. The maximum absolute atomic E-state index is 12.2.